The minimum Gasteiger partial charge on any atom is -0.469 e. The van der Waals surface area contributed by atoms with Gasteiger partial charge in [-0.3, -0.25) is 4.79 Å². The Morgan fingerprint density at radius 3 is 2.71 bits per heavy atom. The normalized spacial score (nSPS) is 22.9. The molecule has 0 amide bonds. The Labute approximate surface area is 146 Å². The van der Waals surface area contributed by atoms with Crippen LogP contribution in [0.4, 0.5) is 11.4 Å². The van der Waals surface area contributed by atoms with Crippen LogP contribution in [-0.4, -0.2) is 19.1 Å². The van der Waals surface area contributed by atoms with E-state index in [-0.39, 0.29) is 5.97 Å². The zero-order valence-corrected chi connectivity index (χ0v) is 15.7. The molecule has 0 aliphatic heterocycles. The average Bonchev–Trinajstić information content (AvgIpc) is 2.46. The Balaban J connectivity index is 2.08. The van der Waals surface area contributed by atoms with Gasteiger partial charge in [-0.15, -0.1) is 0 Å². The predicted octanol–water partition coefficient (Wildman–Crippen LogP) is 4.31. The molecule has 1 aromatic carbocycles. The lowest BCUT2D eigenvalue weighted by atomic mass is 9.70. The second-order valence-corrected chi connectivity index (χ2v) is 8.20. The fraction of sp³-hybridized carbons (Fsp3) is 0.650. The number of ether oxygens (including phenoxy) is 1. The number of anilines is 2. The third-order valence-electron chi connectivity index (χ3n) is 5.08. The van der Waals surface area contributed by atoms with E-state index in [1.807, 2.05) is 6.07 Å². The smallest absolute Gasteiger partial charge is 0.305 e. The first-order valence-electron chi connectivity index (χ1n) is 8.92. The summed E-state index contributed by atoms with van der Waals surface area (Å²) in [6.45, 7) is 9.11. The Morgan fingerprint density at radius 2 is 2.08 bits per heavy atom. The van der Waals surface area contributed by atoms with Crippen molar-refractivity contribution in [1.29, 1.82) is 0 Å². The van der Waals surface area contributed by atoms with Gasteiger partial charge in [0.1, 0.15) is 0 Å². The maximum Gasteiger partial charge on any atom is 0.305 e. The van der Waals surface area contributed by atoms with E-state index in [9.17, 15) is 4.79 Å². The highest BCUT2D eigenvalue weighted by Crippen LogP contribution is 2.40. The molecule has 2 rings (SSSR count). The third kappa shape index (κ3) is 4.89. The van der Waals surface area contributed by atoms with E-state index in [0.29, 0.717) is 24.3 Å². The molecule has 0 aromatic heterocycles. The summed E-state index contributed by atoms with van der Waals surface area (Å²) in [7, 11) is 1.42. The molecule has 1 saturated carbocycles. The van der Waals surface area contributed by atoms with Gasteiger partial charge in [-0.1, -0.05) is 20.8 Å². The van der Waals surface area contributed by atoms with Crippen LogP contribution in [0.3, 0.4) is 0 Å². The topological polar surface area (TPSA) is 64.3 Å². The number of aryl methyl sites for hydroxylation is 2. The minimum atomic E-state index is -0.186. The van der Waals surface area contributed by atoms with Crippen molar-refractivity contribution in [3.63, 3.8) is 0 Å². The SMILES string of the molecule is COC(=O)CCc1cc(N)c(N[C@@H]2C[C@H](C)CC(C)(C)C2)cc1C. The molecule has 1 aliphatic rings. The molecule has 0 unspecified atom stereocenters. The third-order valence-corrected chi connectivity index (χ3v) is 5.08. The maximum absolute atomic E-state index is 11.3. The molecule has 2 atom stereocenters. The fourth-order valence-electron chi connectivity index (χ4n) is 4.18. The number of carbonyl (C=O) groups is 1. The van der Waals surface area contributed by atoms with E-state index in [4.69, 9.17) is 10.5 Å². The van der Waals surface area contributed by atoms with Crippen molar-refractivity contribution in [1.82, 2.24) is 0 Å². The van der Waals surface area contributed by atoms with E-state index in [2.05, 4.69) is 39.1 Å². The van der Waals surface area contributed by atoms with E-state index >= 15 is 0 Å². The van der Waals surface area contributed by atoms with Crippen LogP contribution in [0.1, 0.15) is 57.6 Å². The second kappa shape index (κ2) is 7.45. The van der Waals surface area contributed by atoms with E-state index in [1.165, 1.54) is 31.9 Å². The number of benzene rings is 1. The maximum atomic E-state index is 11.3. The summed E-state index contributed by atoms with van der Waals surface area (Å²) in [6.07, 6.45) is 4.69. The molecule has 1 aliphatic carbocycles. The Morgan fingerprint density at radius 1 is 1.38 bits per heavy atom. The summed E-state index contributed by atoms with van der Waals surface area (Å²) >= 11 is 0. The van der Waals surface area contributed by atoms with Crippen molar-refractivity contribution in [2.45, 2.75) is 65.8 Å². The van der Waals surface area contributed by atoms with Crippen molar-refractivity contribution >= 4 is 17.3 Å². The van der Waals surface area contributed by atoms with Gasteiger partial charge < -0.3 is 15.8 Å². The van der Waals surface area contributed by atoms with Gasteiger partial charge in [0.25, 0.3) is 0 Å². The van der Waals surface area contributed by atoms with Crippen molar-refractivity contribution in [3.05, 3.63) is 23.3 Å². The number of hydrogen-bond donors (Lipinski definition) is 2. The number of nitrogens with one attached hydrogen (secondary N) is 1. The minimum absolute atomic E-state index is 0.186. The van der Waals surface area contributed by atoms with E-state index in [0.717, 1.165) is 22.9 Å². The molecule has 0 heterocycles. The molecule has 1 fully saturated rings. The summed E-state index contributed by atoms with van der Waals surface area (Å²) in [6, 6.07) is 4.58. The molecule has 4 heteroatoms. The van der Waals surface area contributed by atoms with Gasteiger partial charge in [-0.05, 0) is 67.2 Å². The van der Waals surface area contributed by atoms with E-state index < -0.39 is 0 Å². The van der Waals surface area contributed by atoms with Crippen molar-refractivity contribution in [2.24, 2.45) is 11.3 Å². The summed E-state index contributed by atoms with van der Waals surface area (Å²) in [4.78, 5) is 11.3. The zero-order chi connectivity index (χ0) is 17.9. The number of esters is 1. The molecule has 0 radical (unpaired) electrons. The molecule has 24 heavy (non-hydrogen) atoms. The highest BCUT2D eigenvalue weighted by molar-refractivity contribution is 5.71. The lowest BCUT2D eigenvalue weighted by Gasteiger charge is -2.39. The number of rotatable bonds is 5. The molecule has 1 aromatic rings. The van der Waals surface area contributed by atoms with Crippen LogP contribution >= 0.6 is 0 Å². The number of methoxy groups -OCH3 is 1. The van der Waals surface area contributed by atoms with Gasteiger partial charge in [0.2, 0.25) is 0 Å². The van der Waals surface area contributed by atoms with Crippen LogP contribution in [0.2, 0.25) is 0 Å². The molecule has 3 N–H and O–H groups in total. The van der Waals surface area contributed by atoms with Crippen LogP contribution < -0.4 is 11.1 Å². The first kappa shape index (κ1) is 18.6. The number of nitrogen functional groups attached to an aromatic ring is 1. The predicted molar refractivity (Wildman–Crippen MR) is 100 cm³/mol. The van der Waals surface area contributed by atoms with Crippen LogP contribution in [-0.2, 0) is 16.0 Å². The summed E-state index contributed by atoms with van der Waals surface area (Å²) in [5.74, 6) is 0.543. The van der Waals surface area contributed by atoms with Crippen molar-refractivity contribution < 1.29 is 9.53 Å². The summed E-state index contributed by atoms with van der Waals surface area (Å²) in [5.41, 5.74) is 10.7. The molecule has 0 spiro atoms. The van der Waals surface area contributed by atoms with Gasteiger partial charge in [0, 0.05) is 12.5 Å². The first-order valence-corrected chi connectivity index (χ1v) is 8.92. The standard InChI is InChI=1S/C20H32N2O2/c1-13-8-16(12-20(3,4)11-13)22-18-9-14(2)15(10-17(18)21)6-7-19(23)24-5/h9-10,13,16,22H,6-8,11-12,21H2,1-5H3/t13-,16+/m0/s1. The largest absolute Gasteiger partial charge is 0.469 e. The van der Waals surface area contributed by atoms with E-state index in [1.54, 1.807) is 0 Å². The highest BCUT2D eigenvalue weighted by atomic mass is 16.5. The van der Waals surface area contributed by atoms with Crippen LogP contribution in [0.25, 0.3) is 0 Å². The molecular formula is C20H32N2O2. The Hall–Kier alpha value is -1.71. The van der Waals surface area contributed by atoms with Crippen LogP contribution in [0.5, 0.6) is 0 Å². The lowest BCUT2D eigenvalue weighted by Crippen LogP contribution is -2.35. The van der Waals surface area contributed by atoms with Gasteiger partial charge in [0.15, 0.2) is 0 Å². The Kier molecular flexibility index (Phi) is 5.79. The number of carbonyl (C=O) groups excluding carboxylic acids is 1. The van der Waals surface area contributed by atoms with Crippen LogP contribution in [0, 0.1) is 18.3 Å². The zero-order valence-electron chi connectivity index (χ0n) is 15.7. The van der Waals surface area contributed by atoms with Crippen molar-refractivity contribution in [3.8, 4) is 0 Å². The first-order chi connectivity index (χ1) is 11.2. The monoisotopic (exact) mass is 332 g/mol. The molecule has 4 nitrogen and oxygen atoms in total. The summed E-state index contributed by atoms with van der Waals surface area (Å²) in [5, 5.41) is 3.66. The molecular weight excluding hydrogens is 300 g/mol. The quantitative estimate of drug-likeness (QED) is 0.623. The lowest BCUT2D eigenvalue weighted by molar-refractivity contribution is -0.140. The van der Waals surface area contributed by atoms with Gasteiger partial charge in [0.05, 0.1) is 18.5 Å². The van der Waals surface area contributed by atoms with Crippen molar-refractivity contribution in [2.75, 3.05) is 18.2 Å². The van der Waals surface area contributed by atoms with Crippen LogP contribution in [0.15, 0.2) is 12.1 Å². The molecule has 134 valence electrons. The van der Waals surface area contributed by atoms with Gasteiger partial charge >= 0.3 is 5.97 Å². The number of nitrogens with two attached hydrogens (primary N) is 1. The molecule has 0 saturated heterocycles. The fourth-order valence-corrected chi connectivity index (χ4v) is 4.18. The highest BCUT2D eigenvalue weighted by Gasteiger charge is 2.32. The summed E-state index contributed by atoms with van der Waals surface area (Å²) < 4.78 is 4.71. The van der Waals surface area contributed by atoms with Gasteiger partial charge in [-0.25, -0.2) is 0 Å². The second-order valence-electron chi connectivity index (χ2n) is 8.20. The Bertz CT molecular complexity index is 596. The number of hydrogen-bond acceptors (Lipinski definition) is 4. The average molecular weight is 332 g/mol. The van der Waals surface area contributed by atoms with Gasteiger partial charge in [-0.2, -0.15) is 0 Å². The molecule has 0 bridgehead atoms.